The summed E-state index contributed by atoms with van der Waals surface area (Å²) in [5, 5.41) is 0. The molecule has 0 radical (unpaired) electrons. The van der Waals surface area contributed by atoms with Gasteiger partial charge in [-0.25, -0.2) is 5.90 Å². The maximum Gasteiger partial charge on any atom is 0.0834 e. The van der Waals surface area contributed by atoms with Crippen LogP contribution in [0.5, 0.6) is 0 Å². The molecule has 1 unspecified atom stereocenters. The van der Waals surface area contributed by atoms with Gasteiger partial charge in [0.15, 0.2) is 0 Å². The van der Waals surface area contributed by atoms with E-state index in [1.54, 1.807) is 0 Å². The Balaban J connectivity index is 2.52. The Morgan fingerprint density at radius 1 is 1.50 bits per heavy atom. The van der Waals surface area contributed by atoms with Crippen LogP contribution >= 0.6 is 0 Å². The van der Waals surface area contributed by atoms with Crippen molar-refractivity contribution in [2.45, 2.75) is 45.2 Å². The van der Waals surface area contributed by atoms with Gasteiger partial charge in [-0.15, -0.1) is 0 Å². The van der Waals surface area contributed by atoms with Gasteiger partial charge in [-0.2, -0.15) is 0 Å². The van der Waals surface area contributed by atoms with Gasteiger partial charge in [0, 0.05) is 11.6 Å². The predicted molar refractivity (Wildman–Crippen MR) is 49.6 cm³/mol. The van der Waals surface area contributed by atoms with E-state index in [9.17, 15) is 0 Å². The summed E-state index contributed by atoms with van der Waals surface area (Å²) in [4.78, 5) is 7.18. The zero-order valence-corrected chi connectivity index (χ0v) is 8.34. The number of hydrogen-bond donors (Lipinski definition) is 1. The molecule has 1 atom stereocenters. The monoisotopic (exact) mass is 172 g/mol. The molecule has 0 spiro atoms. The van der Waals surface area contributed by atoms with E-state index in [0.717, 1.165) is 0 Å². The van der Waals surface area contributed by atoms with E-state index in [1.807, 2.05) is 0 Å². The van der Waals surface area contributed by atoms with Crippen LogP contribution in [0.3, 0.4) is 0 Å². The van der Waals surface area contributed by atoms with Crippen LogP contribution in [0.15, 0.2) is 0 Å². The van der Waals surface area contributed by atoms with Gasteiger partial charge in [-0.05, 0) is 40.2 Å². The minimum Gasteiger partial charge on any atom is -0.303 e. The number of nitrogens with zero attached hydrogens (tertiary/aromatic N) is 1. The van der Waals surface area contributed by atoms with Gasteiger partial charge in [0.2, 0.25) is 0 Å². The lowest BCUT2D eigenvalue weighted by Crippen LogP contribution is -2.46. The fraction of sp³-hybridized carbons (Fsp3) is 1.00. The van der Waals surface area contributed by atoms with E-state index >= 15 is 0 Å². The fourth-order valence-corrected chi connectivity index (χ4v) is 2.00. The highest BCUT2D eigenvalue weighted by molar-refractivity contribution is 4.87. The SMILES string of the molecule is CC(C)(C)N1CCCC1CON. The zero-order valence-electron chi connectivity index (χ0n) is 8.34. The van der Waals surface area contributed by atoms with E-state index in [0.29, 0.717) is 12.6 Å². The van der Waals surface area contributed by atoms with Gasteiger partial charge in [0.05, 0.1) is 6.61 Å². The van der Waals surface area contributed by atoms with Crippen LogP contribution in [-0.2, 0) is 4.84 Å². The Morgan fingerprint density at radius 3 is 2.67 bits per heavy atom. The number of rotatable bonds is 2. The molecular formula is C9H20N2O. The topological polar surface area (TPSA) is 38.5 Å². The molecule has 0 saturated carbocycles. The van der Waals surface area contributed by atoms with Crippen molar-refractivity contribution in [2.75, 3.05) is 13.2 Å². The highest BCUT2D eigenvalue weighted by atomic mass is 16.6. The molecular weight excluding hydrogens is 152 g/mol. The first kappa shape index (κ1) is 9.96. The fourth-order valence-electron chi connectivity index (χ4n) is 2.00. The Bertz CT molecular complexity index is 142. The maximum absolute atomic E-state index is 5.09. The third-order valence-electron chi connectivity index (χ3n) is 2.53. The standard InChI is InChI=1S/C9H20N2O/c1-9(2,3)11-6-4-5-8(11)7-12-10/h8H,4-7,10H2,1-3H3. The van der Waals surface area contributed by atoms with Crippen LogP contribution in [0.4, 0.5) is 0 Å². The smallest absolute Gasteiger partial charge is 0.0834 e. The lowest BCUT2D eigenvalue weighted by Gasteiger charge is -2.36. The van der Waals surface area contributed by atoms with Gasteiger partial charge in [0.25, 0.3) is 0 Å². The van der Waals surface area contributed by atoms with Crippen molar-refractivity contribution in [1.29, 1.82) is 0 Å². The normalized spacial score (nSPS) is 26.5. The molecule has 0 amide bonds. The summed E-state index contributed by atoms with van der Waals surface area (Å²) in [6, 6.07) is 0.523. The molecule has 0 bridgehead atoms. The van der Waals surface area contributed by atoms with Crippen LogP contribution in [0.25, 0.3) is 0 Å². The minimum absolute atomic E-state index is 0.250. The third kappa shape index (κ3) is 2.19. The molecule has 0 aromatic carbocycles. The van der Waals surface area contributed by atoms with Gasteiger partial charge in [-0.1, -0.05) is 0 Å². The summed E-state index contributed by atoms with van der Waals surface area (Å²) in [5.41, 5.74) is 0.250. The van der Waals surface area contributed by atoms with Crippen molar-refractivity contribution < 1.29 is 4.84 Å². The number of hydrogen-bond acceptors (Lipinski definition) is 3. The average molecular weight is 172 g/mol. The molecule has 1 rings (SSSR count). The van der Waals surface area contributed by atoms with Crippen LogP contribution < -0.4 is 5.90 Å². The molecule has 1 fully saturated rings. The molecule has 0 aliphatic carbocycles. The third-order valence-corrected chi connectivity index (χ3v) is 2.53. The lowest BCUT2D eigenvalue weighted by atomic mass is 10.1. The van der Waals surface area contributed by atoms with Crippen LogP contribution in [0, 0.1) is 0 Å². The van der Waals surface area contributed by atoms with Crippen LogP contribution in [-0.4, -0.2) is 29.6 Å². The quantitative estimate of drug-likeness (QED) is 0.635. The summed E-state index contributed by atoms with van der Waals surface area (Å²) < 4.78 is 0. The van der Waals surface area contributed by atoms with Crippen LogP contribution in [0.1, 0.15) is 33.6 Å². The van der Waals surface area contributed by atoms with Gasteiger partial charge < -0.3 is 4.84 Å². The Morgan fingerprint density at radius 2 is 2.17 bits per heavy atom. The van der Waals surface area contributed by atoms with E-state index < -0.39 is 0 Å². The van der Waals surface area contributed by atoms with E-state index in [-0.39, 0.29) is 5.54 Å². The largest absolute Gasteiger partial charge is 0.303 e. The second-order valence-electron chi connectivity index (χ2n) is 4.49. The molecule has 3 nitrogen and oxygen atoms in total. The Labute approximate surface area is 74.8 Å². The van der Waals surface area contributed by atoms with Gasteiger partial charge >= 0.3 is 0 Å². The summed E-state index contributed by atoms with van der Waals surface area (Å²) in [7, 11) is 0. The summed E-state index contributed by atoms with van der Waals surface area (Å²) in [5.74, 6) is 5.09. The Kier molecular flexibility index (Phi) is 3.09. The highest BCUT2D eigenvalue weighted by Crippen LogP contribution is 2.25. The number of nitrogens with two attached hydrogens (primary N) is 1. The van der Waals surface area contributed by atoms with Crippen LogP contribution in [0.2, 0.25) is 0 Å². The maximum atomic E-state index is 5.09. The molecule has 1 heterocycles. The Hall–Kier alpha value is -0.120. The average Bonchev–Trinajstić information content (AvgIpc) is 2.34. The second-order valence-corrected chi connectivity index (χ2v) is 4.49. The van der Waals surface area contributed by atoms with Crippen molar-refractivity contribution in [3.05, 3.63) is 0 Å². The highest BCUT2D eigenvalue weighted by Gasteiger charge is 2.32. The molecule has 1 aliphatic heterocycles. The van der Waals surface area contributed by atoms with Gasteiger partial charge in [-0.3, -0.25) is 4.90 Å². The molecule has 0 aromatic rings. The van der Waals surface area contributed by atoms with Gasteiger partial charge in [0.1, 0.15) is 0 Å². The molecule has 3 heteroatoms. The second kappa shape index (κ2) is 3.73. The van der Waals surface area contributed by atoms with E-state index in [4.69, 9.17) is 10.7 Å². The predicted octanol–water partition coefficient (Wildman–Crippen LogP) is 1.14. The first-order chi connectivity index (χ1) is 5.55. The van der Waals surface area contributed by atoms with Crippen molar-refractivity contribution in [1.82, 2.24) is 4.90 Å². The van der Waals surface area contributed by atoms with Crippen molar-refractivity contribution in [3.8, 4) is 0 Å². The lowest BCUT2D eigenvalue weighted by molar-refractivity contribution is 0.0388. The van der Waals surface area contributed by atoms with E-state index in [1.165, 1.54) is 19.4 Å². The molecule has 0 aromatic heterocycles. The molecule has 12 heavy (non-hydrogen) atoms. The van der Waals surface area contributed by atoms with Crippen molar-refractivity contribution in [2.24, 2.45) is 5.90 Å². The summed E-state index contributed by atoms with van der Waals surface area (Å²) in [6.07, 6.45) is 2.49. The molecule has 1 saturated heterocycles. The first-order valence-corrected chi connectivity index (χ1v) is 4.64. The first-order valence-electron chi connectivity index (χ1n) is 4.64. The molecule has 1 aliphatic rings. The molecule has 72 valence electrons. The summed E-state index contributed by atoms with van der Waals surface area (Å²) >= 11 is 0. The van der Waals surface area contributed by atoms with E-state index in [2.05, 4.69) is 25.7 Å². The van der Waals surface area contributed by atoms with Crippen molar-refractivity contribution >= 4 is 0 Å². The molecule has 2 N–H and O–H groups in total. The summed E-state index contributed by atoms with van der Waals surface area (Å²) in [6.45, 7) is 8.56. The van der Waals surface area contributed by atoms with Crippen molar-refractivity contribution in [3.63, 3.8) is 0 Å². The number of likely N-dealkylation sites (tertiary alicyclic amines) is 1. The minimum atomic E-state index is 0.250. The zero-order chi connectivity index (χ0) is 9.19.